The minimum Gasteiger partial charge on any atom is -0.443 e. The summed E-state index contributed by atoms with van der Waals surface area (Å²) < 4.78 is 39.2. The van der Waals surface area contributed by atoms with Gasteiger partial charge < -0.3 is 9.47 Å². The quantitative estimate of drug-likeness (QED) is 0.442. The predicted octanol–water partition coefficient (Wildman–Crippen LogP) is 6.77. The number of hydrogen-bond donors (Lipinski definition) is 1. The molecule has 3 rings (SSSR count). The number of nitrogens with zero attached hydrogens (tertiary/aromatic N) is 2. The number of hydrazone groups is 1. The van der Waals surface area contributed by atoms with Crippen molar-refractivity contribution in [2.45, 2.75) is 70.5 Å². The van der Waals surface area contributed by atoms with Crippen LogP contribution in [0, 0.1) is 11.6 Å². The van der Waals surface area contributed by atoms with E-state index < -0.39 is 39.9 Å². The van der Waals surface area contributed by atoms with Crippen LogP contribution in [0.3, 0.4) is 0 Å². The Morgan fingerprint density at radius 1 is 0.973 bits per heavy atom. The number of carbonyl (C=O) groups excluding carboxylic acids is 2. The van der Waals surface area contributed by atoms with E-state index in [9.17, 15) is 18.4 Å². The smallest absolute Gasteiger partial charge is 0.419 e. The summed E-state index contributed by atoms with van der Waals surface area (Å²) in [5.74, 6) is -1.15. The zero-order chi connectivity index (χ0) is 27.4. The predicted molar refractivity (Wildman–Crippen MR) is 140 cm³/mol. The Kier molecular flexibility index (Phi) is 8.52. The summed E-state index contributed by atoms with van der Waals surface area (Å²) in [6.45, 7) is 10.3. The summed E-state index contributed by atoms with van der Waals surface area (Å²) in [6.07, 6.45) is -0.863. The Hall–Kier alpha value is -3.14. The van der Waals surface area contributed by atoms with Crippen LogP contribution < -0.4 is 5.43 Å². The molecule has 0 saturated heterocycles. The topological polar surface area (TPSA) is 80.2 Å². The first-order valence-electron chi connectivity index (χ1n) is 12.0. The van der Waals surface area contributed by atoms with Crippen molar-refractivity contribution in [3.63, 3.8) is 0 Å². The lowest BCUT2D eigenvalue weighted by molar-refractivity contribution is 0.00102. The third-order valence-corrected chi connectivity index (χ3v) is 6.53. The van der Waals surface area contributed by atoms with Crippen LogP contribution in [-0.2, 0) is 14.3 Å². The van der Waals surface area contributed by atoms with Gasteiger partial charge in [0.2, 0.25) is 0 Å². The number of ether oxygens (including phenoxy) is 2. The van der Waals surface area contributed by atoms with Crippen molar-refractivity contribution in [3.05, 3.63) is 71.3 Å². The van der Waals surface area contributed by atoms with Crippen LogP contribution in [0.1, 0.15) is 65.5 Å². The fourth-order valence-corrected chi connectivity index (χ4v) is 4.87. The molecule has 0 radical (unpaired) electrons. The van der Waals surface area contributed by atoms with Crippen molar-refractivity contribution >= 4 is 29.0 Å². The maximum Gasteiger partial charge on any atom is 0.419 e. The molecule has 2 amide bonds. The standard InChI is InChI=1S/C27H33F2N3O4S/c1-25(2,3)35-23(33)32(24(34)36-26(4,5)6)16-10-15-27(18-11-8-7-9-12-18)31-30-22(37-27)20-17-19(28)13-14-21(20)29/h7-9,11-14,17,31H,10,15-16H2,1-6H3. The number of halogens is 2. The first-order valence-corrected chi connectivity index (χ1v) is 12.8. The summed E-state index contributed by atoms with van der Waals surface area (Å²) >= 11 is 1.26. The van der Waals surface area contributed by atoms with Crippen molar-refractivity contribution in [2.24, 2.45) is 5.10 Å². The second kappa shape index (κ2) is 11.1. The molecule has 10 heteroatoms. The van der Waals surface area contributed by atoms with Gasteiger partial charge in [-0.3, -0.25) is 5.43 Å². The summed E-state index contributed by atoms with van der Waals surface area (Å²) in [5, 5.41) is 4.63. The molecule has 200 valence electrons. The number of nitrogens with one attached hydrogen (secondary N) is 1. The van der Waals surface area contributed by atoms with Gasteiger partial charge in [0.1, 0.15) is 32.8 Å². The van der Waals surface area contributed by atoms with Gasteiger partial charge in [-0.05, 0) is 78.1 Å². The number of hydrogen-bond acceptors (Lipinski definition) is 7. The number of thioether (sulfide) groups is 1. The van der Waals surface area contributed by atoms with Gasteiger partial charge in [0, 0.05) is 12.1 Å². The fraction of sp³-hybridized carbons (Fsp3) is 0.444. The van der Waals surface area contributed by atoms with E-state index in [1.165, 1.54) is 11.8 Å². The lowest BCUT2D eigenvalue weighted by Gasteiger charge is -2.31. The van der Waals surface area contributed by atoms with Gasteiger partial charge in [0.25, 0.3) is 0 Å². The van der Waals surface area contributed by atoms with Crippen LogP contribution in [0.4, 0.5) is 18.4 Å². The largest absolute Gasteiger partial charge is 0.443 e. The van der Waals surface area contributed by atoms with E-state index >= 15 is 0 Å². The van der Waals surface area contributed by atoms with E-state index in [1.54, 1.807) is 41.5 Å². The lowest BCUT2D eigenvalue weighted by atomic mass is 10.0. The molecule has 1 atom stereocenters. The highest BCUT2D eigenvalue weighted by molar-refractivity contribution is 8.15. The van der Waals surface area contributed by atoms with Crippen LogP contribution in [0.5, 0.6) is 0 Å². The summed E-state index contributed by atoms with van der Waals surface area (Å²) in [5.41, 5.74) is 2.41. The lowest BCUT2D eigenvalue weighted by Crippen LogP contribution is -2.44. The minimum atomic E-state index is -0.830. The highest BCUT2D eigenvalue weighted by atomic mass is 32.2. The second-order valence-electron chi connectivity index (χ2n) is 10.7. The zero-order valence-electron chi connectivity index (χ0n) is 21.9. The Bertz CT molecular complexity index is 1130. The second-order valence-corrected chi connectivity index (χ2v) is 12.0. The molecule has 7 nitrogen and oxygen atoms in total. The van der Waals surface area contributed by atoms with Crippen LogP contribution in [-0.4, -0.2) is 39.9 Å². The average molecular weight is 534 g/mol. The van der Waals surface area contributed by atoms with E-state index in [4.69, 9.17) is 9.47 Å². The monoisotopic (exact) mass is 533 g/mol. The van der Waals surface area contributed by atoms with Crippen LogP contribution in [0.2, 0.25) is 0 Å². The maximum atomic E-state index is 14.5. The Balaban J connectivity index is 1.82. The highest BCUT2D eigenvalue weighted by Gasteiger charge is 2.40. The summed E-state index contributed by atoms with van der Waals surface area (Å²) in [6, 6.07) is 12.6. The number of amides is 2. The minimum absolute atomic E-state index is 0.0182. The molecule has 0 aromatic heterocycles. The SMILES string of the molecule is CC(C)(C)OC(=O)N(CCCC1(c2ccccc2)NN=C(c2cc(F)ccc2F)S1)C(=O)OC(C)(C)C. The molecule has 1 aliphatic heterocycles. The van der Waals surface area contributed by atoms with Crippen LogP contribution >= 0.6 is 11.8 Å². The third-order valence-electron chi connectivity index (χ3n) is 5.15. The van der Waals surface area contributed by atoms with Gasteiger partial charge in [0.05, 0.1) is 0 Å². The van der Waals surface area contributed by atoms with Gasteiger partial charge in [0.15, 0.2) is 0 Å². The molecule has 2 aromatic carbocycles. The van der Waals surface area contributed by atoms with Gasteiger partial charge in [-0.1, -0.05) is 42.1 Å². The molecule has 1 unspecified atom stereocenters. The summed E-state index contributed by atoms with van der Waals surface area (Å²) in [4.78, 5) is 25.8. The van der Waals surface area contributed by atoms with Crippen molar-refractivity contribution in [2.75, 3.05) is 6.54 Å². The normalized spacial score (nSPS) is 17.6. The molecule has 2 aromatic rings. The van der Waals surface area contributed by atoms with Crippen molar-refractivity contribution < 1.29 is 27.8 Å². The number of rotatable bonds is 6. The van der Waals surface area contributed by atoms with Gasteiger partial charge in [-0.25, -0.2) is 23.3 Å². The first-order chi connectivity index (χ1) is 17.2. The number of carbonyl (C=O) groups is 2. The van der Waals surface area contributed by atoms with Gasteiger partial charge in [-0.15, -0.1) is 0 Å². The van der Waals surface area contributed by atoms with Gasteiger partial charge in [-0.2, -0.15) is 5.10 Å². The van der Waals surface area contributed by atoms with Crippen molar-refractivity contribution in [3.8, 4) is 0 Å². The molecule has 0 aliphatic carbocycles. The molecule has 37 heavy (non-hydrogen) atoms. The highest BCUT2D eigenvalue weighted by Crippen LogP contribution is 2.44. The molecule has 0 bridgehead atoms. The maximum absolute atomic E-state index is 14.5. The fourth-order valence-electron chi connectivity index (χ4n) is 3.59. The van der Waals surface area contributed by atoms with E-state index in [2.05, 4.69) is 10.5 Å². The molecule has 1 heterocycles. The molecule has 0 fully saturated rings. The first kappa shape index (κ1) is 28.4. The van der Waals surface area contributed by atoms with Gasteiger partial charge >= 0.3 is 12.2 Å². The van der Waals surface area contributed by atoms with Crippen LogP contribution in [0.25, 0.3) is 0 Å². The zero-order valence-corrected chi connectivity index (χ0v) is 22.7. The Morgan fingerprint density at radius 3 is 2.14 bits per heavy atom. The third kappa shape index (κ3) is 7.67. The van der Waals surface area contributed by atoms with E-state index in [0.717, 1.165) is 28.7 Å². The van der Waals surface area contributed by atoms with E-state index in [1.807, 2.05) is 30.3 Å². The van der Waals surface area contributed by atoms with E-state index in [-0.39, 0.29) is 12.1 Å². The number of benzene rings is 2. The summed E-state index contributed by atoms with van der Waals surface area (Å²) in [7, 11) is 0. The molecular weight excluding hydrogens is 500 g/mol. The molecule has 1 aliphatic rings. The molecule has 0 saturated carbocycles. The van der Waals surface area contributed by atoms with Crippen molar-refractivity contribution in [1.29, 1.82) is 0 Å². The van der Waals surface area contributed by atoms with E-state index in [0.29, 0.717) is 17.9 Å². The Morgan fingerprint density at radius 2 is 1.57 bits per heavy atom. The average Bonchev–Trinajstić information content (AvgIpc) is 3.22. The molecule has 1 N–H and O–H groups in total. The Labute approximate surface area is 220 Å². The van der Waals surface area contributed by atoms with Crippen molar-refractivity contribution in [1.82, 2.24) is 10.3 Å². The molecular formula is C27H33F2N3O4S. The molecule has 0 spiro atoms. The number of imide groups is 1. The van der Waals surface area contributed by atoms with Crippen LogP contribution in [0.15, 0.2) is 53.6 Å².